The highest BCUT2D eigenvalue weighted by atomic mass is 79.9. The maximum Gasteiger partial charge on any atom is 0.261 e. The number of rotatable bonds is 3. The van der Waals surface area contributed by atoms with Gasteiger partial charge in [-0.15, -0.1) is 11.3 Å². The number of aryl methyl sites for hydroxylation is 1. The highest BCUT2D eigenvalue weighted by Gasteiger charge is 2.27. The molecule has 0 spiro atoms. The molecule has 1 amide bonds. The van der Waals surface area contributed by atoms with Crippen LogP contribution in [0.4, 0.5) is 0 Å². The molecule has 2 rings (SSSR count). The van der Waals surface area contributed by atoms with Crippen molar-refractivity contribution in [1.29, 1.82) is 0 Å². The van der Waals surface area contributed by atoms with Gasteiger partial charge in [-0.05, 0) is 37.7 Å². The average molecular weight is 348 g/mol. The van der Waals surface area contributed by atoms with Crippen LogP contribution in [0.5, 0.6) is 0 Å². The highest BCUT2D eigenvalue weighted by Crippen LogP contribution is 2.32. The van der Waals surface area contributed by atoms with Gasteiger partial charge in [-0.3, -0.25) is 4.79 Å². The number of amides is 1. The van der Waals surface area contributed by atoms with Gasteiger partial charge in [0.2, 0.25) is 0 Å². The SMILES string of the molecule is CC(Br)C(C)(C)NC(=O)c1cc2c(s1)CCSC2. The Bertz CT molecular complexity index is 430. The molecule has 1 aromatic heterocycles. The third-order valence-electron chi connectivity index (χ3n) is 3.28. The molecule has 0 saturated heterocycles. The van der Waals surface area contributed by atoms with Gasteiger partial charge in [-0.2, -0.15) is 11.8 Å². The Kier molecular flexibility index (Phi) is 4.44. The second-order valence-electron chi connectivity index (χ2n) is 5.15. The van der Waals surface area contributed by atoms with Crippen LogP contribution >= 0.6 is 39.0 Å². The number of nitrogens with one attached hydrogen (secondary N) is 1. The predicted octanol–water partition coefficient (Wildman–Crippen LogP) is 3.83. The number of carbonyl (C=O) groups excluding carboxylic acids is 1. The fourth-order valence-corrected chi connectivity index (χ4v) is 4.09. The summed E-state index contributed by atoms with van der Waals surface area (Å²) in [7, 11) is 0. The first-order valence-electron chi connectivity index (χ1n) is 6.06. The van der Waals surface area contributed by atoms with E-state index in [9.17, 15) is 4.79 Å². The van der Waals surface area contributed by atoms with Gasteiger partial charge < -0.3 is 5.32 Å². The lowest BCUT2D eigenvalue weighted by Crippen LogP contribution is -2.48. The number of carbonyl (C=O) groups is 1. The van der Waals surface area contributed by atoms with Crippen LogP contribution in [-0.2, 0) is 12.2 Å². The van der Waals surface area contributed by atoms with E-state index in [1.165, 1.54) is 16.2 Å². The summed E-state index contributed by atoms with van der Waals surface area (Å²) in [6, 6.07) is 2.07. The molecule has 2 nitrogen and oxygen atoms in total. The molecular weight excluding hydrogens is 330 g/mol. The van der Waals surface area contributed by atoms with Crippen molar-refractivity contribution in [3.63, 3.8) is 0 Å². The summed E-state index contributed by atoms with van der Waals surface area (Å²) >= 11 is 7.14. The Balaban J connectivity index is 2.12. The normalized spacial score (nSPS) is 17.1. The number of hydrogen-bond donors (Lipinski definition) is 1. The standard InChI is InChI=1S/C13H18BrNOS2/c1-8(14)13(2,3)15-12(16)11-6-9-7-17-5-4-10(9)18-11/h6,8H,4-5,7H2,1-3H3,(H,15,16). The first-order chi connectivity index (χ1) is 8.40. The van der Waals surface area contributed by atoms with Gasteiger partial charge in [0.05, 0.1) is 4.88 Å². The zero-order chi connectivity index (χ0) is 13.3. The van der Waals surface area contributed by atoms with E-state index in [0.29, 0.717) is 0 Å². The molecule has 2 heterocycles. The van der Waals surface area contributed by atoms with Crippen LogP contribution in [0.25, 0.3) is 0 Å². The van der Waals surface area contributed by atoms with E-state index in [0.717, 1.165) is 17.1 Å². The van der Waals surface area contributed by atoms with Crippen molar-refractivity contribution >= 4 is 44.9 Å². The molecule has 1 N–H and O–H groups in total. The Labute approximate surface area is 125 Å². The summed E-state index contributed by atoms with van der Waals surface area (Å²) in [6.07, 6.45) is 1.11. The monoisotopic (exact) mass is 347 g/mol. The van der Waals surface area contributed by atoms with Gasteiger partial charge in [-0.1, -0.05) is 22.9 Å². The van der Waals surface area contributed by atoms with Crippen molar-refractivity contribution < 1.29 is 4.79 Å². The summed E-state index contributed by atoms with van der Waals surface area (Å²) in [4.78, 5) is 14.7. The number of fused-ring (bicyclic) bond motifs is 1. The predicted molar refractivity (Wildman–Crippen MR) is 84.1 cm³/mol. The maximum absolute atomic E-state index is 12.3. The van der Waals surface area contributed by atoms with Crippen LogP contribution in [0.15, 0.2) is 6.07 Å². The van der Waals surface area contributed by atoms with Crippen molar-refractivity contribution in [1.82, 2.24) is 5.32 Å². The van der Waals surface area contributed by atoms with Crippen molar-refractivity contribution in [2.75, 3.05) is 5.75 Å². The minimum Gasteiger partial charge on any atom is -0.345 e. The molecule has 1 atom stereocenters. The first kappa shape index (κ1) is 14.4. The van der Waals surface area contributed by atoms with E-state index in [1.807, 2.05) is 25.6 Å². The maximum atomic E-state index is 12.3. The van der Waals surface area contributed by atoms with E-state index in [2.05, 4.69) is 34.2 Å². The van der Waals surface area contributed by atoms with E-state index in [-0.39, 0.29) is 16.3 Å². The molecule has 100 valence electrons. The molecule has 1 unspecified atom stereocenters. The van der Waals surface area contributed by atoms with E-state index < -0.39 is 0 Å². The first-order valence-corrected chi connectivity index (χ1v) is 8.95. The van der Waals surface area contributed by atoms with Gasteiger partial charge in [-0.25, -0.2) is 0 Å². The van der Waals surface area contributed by atoms with E-state index in [1.54, 1.807) is 11.3 Å². The van der Waals surface area contributed by atoms with Crippen molar-refractivity contribution in [2.45, 2.75) is 43.3 Å². The highest BCUT2D eigenvalue weighted by molar-refractivity contribution is 9.09. The minimum atomic E-state index is -0.240. The van der Waals surface area contributed by atoms with Crippen LogP contribution in [0.2, 0.25) is 0 Å². The second-order valence-corrected chi connectivity index (χ2v) is 8.77. The lowest BCUT2D eigenvalue weighted by Gasteiger charge is -2.28. The minimum absolute atomic E-state index is 0.0516. The second kappa shape index (κ2) is 5.55. The number of halogens is 1. The Hall–Kier alpha value is -0.000000000000000111. The topological polar surface area (TPSA) is 29.1 Å². The number of thiophene rings is 1. The largest absolute Gasteiger partial charge is 0.345 e. The van der Waals surface area contributed by atoms with Crippen LogP contribution in [-0.4, -0.2) is 22.0 Å². The molecule has 0 fully saturated rings. The van der Waals surface area contributed by atoms with Gasteiger partial charge in [0.1, 0.15) is 0 Å². The molecule has 0 radical (unpaired) electrons. The molecule has 1 aliphatic heterocycles. The average Bonchev–Trinajstić information content (AvgIpc) is 2.71. The molecule has 0 bridgehead atoms. The summed E-state index contributed by atoms with van der Waals surface area (Å²) in [6.45, 7) is 6.12. The van der Waals surface area contributed by atoms with Crippen molar-refractivity contribution in [2.24, 2.45) is 0 Å². The van der Waals surface area contributed by atoms with E-state index >= 15 is 0 Å². The molecule has 0 aromatic carbocycles. The molecule has 0 aliphatic carbocycles. The molecule has 1 aromatic rings. The van der Waals surface area contributed by atoms with Gasteiger partial charge in [0, 0.05) is 21.0 Å². The summed E-state index contributed by atoms with van der Waals surface area (Å²) in [5.41, 5.74) is 1.11. The smallest absolute Gasteiger partial charge is 0.261 e. The summed E-state index contributed by atoms with van der Waals surface area (Å²) < 4.78 is 0. The van der Waals surface area contributed by atoms with Crippen LogP contribution in [0, 0.1) is 0 Å². The number of thioether (sulfide) groups is 1. The van der Waals surface area contributed by atoms with Gasteiger partial charge in [0.25, 0.3) is 5.91 Å². The molecule has 5 heteroatoms. The third-order valence-corrected chi connectivity index (χ3v) is 6.67. The third kappa shape index (κ3) is 3.11. The zero-order valence-electron chi connectivity index (χ0n) is 10.9. The number of hydrogen-bond acceptors (Lipinski definition) is 3. The van der Waals surface area contributed by atoms with Crippen LogP contribution in [0.3, 0.4) is 0 Å². The number of alkyl halides is 1. The lowest BCUT2D eigenvalue weighted by molar-refractivity contribution is 0.0918. The summed E-state index contributed by atoms with van der Waals surface area (Å²) in [5, 5.41) is 3.10. The zero-order valence-corrected chi connectivity index (χ0v) is 14.1. The Morgan fingerprint density at radius 3 is 2.89 bits per heavy atom. The molecular formula is C13H18BrNOS2. The van der Waals surface area contributed by atoms with Crippen LogP contribution in [0.1, 0.15) is 40.9 Å². The van der Waals surface area contributed by atoms with E-state index in [4.69, 9.17) is 0 Å². The molecule has 1 aliphatic rings. The van der Waals surface area contributed by atoms with Crippen molar-refractivity contribution in [3.05, 3.63) is 21.4 Å². The summed E-state index contributed by atoms with van der Waals surface area (Å²) in [5.74, 6) is 2.28. The van der Waals surface area contributed by atoms with Gasteiger partial charge >= 0.3 is 0 Å². The fourth-order valence-electron chi connectivity index (χ4n) is 1.71. The fraction of sp³-hybridized carbons (Fsp3) is 0.615. The lowest BCUT2D eigenvalue weighted by atomic mass is 10.0. The quantitative estimate of drug-likeness (QED) is 0.841. The Morgan fingerprint density at radius 2 is 2.28 bits per heavy atom. The van der Waals surface area contributed by atoms with Crippen molar-refractivity contribution in [3.8, 4) is 0 Å². The van der Waals surface area contributed by atoms with Crippen LogP contribution < -0.4 is 5.32 Å². The Morgan fingerprint density at radius 1 is 1.56 bits per heavy atom. The molecule has 0 saturated carbocycles. The van der Waals surface area contributed by atoms with Gasteiger partial charge in [0.15, 0.2) is 0 Å². The molecule has 18 heavy (non-hydrogen) atoms.